The van der Waals surface area contributed by atoms with E-state index in [2.05, 4.69) is 9.98 Å². The van der Waals surface area contributed by atoms with E-state index in [0.717, 1.165) is 5.69 Å². The molecule has 1 atom stereocenters. The lowest BCUT2D eigenvalue weighted by Gasteiger charge is -2.23. The van der Waals surface area contributed by atoms with E-state index in [1.165, 1.54) is 0 Å². The maximum atomic E-state index is 11.7. The first-order valence-electron chi connectivity index (χ1n) is 5.25. The Hall–Kier alpha value is -1.89. The van der Waals surface area contributed by atoms with Crippen LogP contribution in [0, 0.1) is 0 Å². The zero-order valence-corrected chi connectivity index (χ0v) is 9.83. The van der Waals surface area contributed by atoms with Gasteiger partial charge in [-0.2, -0.15) is 4.99 Å². The number of methoxy groups -OCH3 is 1. The molecule has 0 fully saturated rings. The number of aliphatic imine (C=N–C) groups is 1. The van der Waals surface area contributed by atoms with E-state index < -0.39 is 0 Å². The van der Waals surface area contributed by atoms with E-state index in [0.29, 0.717) is 19.0 Å². The standard InChI is InChI=1S/C10H15N5O2/c1-14-6-12-5-7(14)8-9(11)13-10(16)15(8)3-4-17-2/h5-6,8H,3-4H2,1-2H3,(H2,11,13,16). The first kappa shape index (κ1) is 11.6. The molecule has 1 unspecified atom stereocenters. The molecule has 0 aromatic carbocycles. The van der Waals surface area contributed by atoms with Crippen LogP contribution in [0.4, 0.5) is 4.79 Å². The highest BCUT2D eigenvalue weighted by molar-refractivity contribution is 6.03. The van der Waals surface area contributed by atoms with Crippen molar-refractivity contribution in [3.63, 3.8) is 0 Å². The fourth-order valence-electron chi connectivity index (χ4n) is 1.86. The SMILES string of the molecule is COCCN1C(=O)N=C(N)C1c1cncn1C. The number of aromatic nitrogens is 2. The number of aryl methyl sites for hydroxylation is 1. The molecule has 1 aromatic heterocycles. The number of rotatable bonds is 4. The molecular formula is C10H15N5O2. The number of urea groups is 1. The van der Waals surface area contributed by atoms with Crippen LogP contribution in [0.25, 0.3) is 0 Å². The lowest BCUT2D eigenvalue weighted by molar-refractivity contribution is 0.149. The molecule has 0 spiro atoms. The lowest BCUT2D eigenvalue weighted by Crippen LogP contribution is -2.36. The second-order valence-electron chi connectivity index (χ2n) is 3.84. The molecule has 7 heteroatoms. The molecule has 17 heavy (non-hydrogen) atoms. The molecule has 1 aliphatic rings. The largest absolute Gasteiger partial charge is 0.385 e. The van der Waals surface area contributed by atoms with Crippen LogP contribution in [-0.4, -0.2) is 46.6 Å². The zero-order chi connectivity index (χ0) is 12.4. The van der Waals surface area contributed by atoms with Crippen molar-refractivity contribution in [1.29, 1.82) is 0 Å². The van der Waals surface area contributed by atoms with E-state index in [1.807, 2.05) is 11.6 Å². The summed E-state index contributed by atoms with van der Waals surface area (Å²) >= 11 is 0. The molecule has 1 aliphatic heterocycles. The van der Waals surface area contributed by atoms with E-state index >= 15 is 0 Å². The van der Waals surface area contributed by atoms with Gasteiger partial charge >= 0.3 is 6.03 Å². The Labute approximate surface area is 98.9 Å². The van der Waals surface area contributed by atoms with Crippen LogP contribution in [0.2, 0.25) is 0 Å². The van der Waals surface area contributed by atoms with Gasteiger partial charge in [0.15, 0.2) is 0 Å². The molecule has 0 bridgehead atoms. The minimum atomic E-state index is -0.342. The Morgan fingerprint density at radius 3 is 2.94 bits per heavy atom. The Morgan fingerprint density at radius 2 is 2.35 bits per heavy atom. The Bertz CT molecular complexity index is 453. The van der Waals surface area contributed by atoms with E-state index in [1.54, 1.807) is 24.5 Å². The predicted octanol–water partition coefficient (Wildman–Crippen LogP) is -0.0996. The third kappa shape index (κ3) is 2.01. The minimum absolute atomic E-state index is 0.301. The van der Waals surface area contributed by atoms with Crippen molar-refractivity contribution in [3.8, 4) is 0 Å². The van der Waals surface area contributed by atoms with Crippen molar-refractivity contribution < 1.29 is 9.53 Å². The van der Waals surface area contributed by atoms with Gasteiger partial charge in [-0.15, -0.1) is 0 Å². The molecule has 7 nitrogen and oxygen atoms in total. The Kier molecular flexibility index (Phi) is 3.10. The van der Waals surface area contributed by atoms with Crippen molar-refractivity contribution in [2.24, 2.45) is 17.8 Å². The maximum absolute atomic E-state index is 11.7. The summed E-state index contributed by atoms with van der Waals surface area (Å²) in [5.74, 6) is 0.301. The number of ether oxygens (including phenoxy) is 1. The summed E-state index contributed by atoms with van der Waals surface area (Å²) in [6.45, 7) is 0.901. The van der Waals surface area contributed by atoms with Gasteiger partial charge in [-0.3, -0.25) is 0 Å². The number of carbonyl (C=O) groups is 1. The van der Waals surface area contributed by atoms with Gasteiger partial charge in [0.05, 0.1) is 24.8 Å². The second kappa shape index (κ2) is 4.54. The fourth-order valence-corrected chi connectivity index (χ4v) is 1.86. The highest BCUT2D eigenvalue weighted by Crippen LogP contribution is 2.25. The van der Waals surface area contributed by atoms with Gasteiger partial charge < -0.3 is 19.9 Å². The van der Waals surface area contributed by atoms with Crippen LogP contribution in [0.1, 0.15) is 11.7 Å². The highest BCUT2D eigenvalue weighted by Gasteiger charge is 2.35. The van der Waals surface area contributed by atoms with Crippen LogP contribution < -0.4 is 5.73 Å². The highest BCUT2D eigenvalue weighted by atomic mass is 16.5. The Balaban J connectivity index is 2.26. The molecule has 0 saturated carbocycles. The van der Waals surface area contributed by atoms with Crippen molar-refractivity contribution in [2.45, 2.75) is 6.04 Å². The summed E-state index contributed by atoms with van der Waals surface area (Å²) in [5.41, 5.74) is 6.64. The molecule has 0 aliphatic carbocycles. The average Bonchev–Trinajstić information content (AvgIpc) is 2.80. The second-order valence-corrected chi connectivity index (χ2v) is 3.84. The molecule has 2 amide bonds. The van der Waals surface area contributed by atoms with Crippen LogP contribution >= 0.6 is 0 Å². The summed E-state index contributed by atoms with van der Waals surface area (Å²) in [6, 6.07) is -0.670. The van der Waals surface area contributed by atoms with Gasteiger partial charge in [-0.25, -0.2) is 9.78 Å². The van der Waals surface area contributed by atoms with E-state index in [4.69, 9.17) is 10.5 Å². The monoisotopic (exact) mass is 237 g/mol. The summed E-state index contributed by atoms with van der Waals surface area (Å²) in [5, 5.41) is 0. The predicted molar refractivity (Wildman–Crippen MR) is 61.5 cm³/mol. The topological polar surface area (TPSA) is 85.7 Å². The van der Waals surface area contributed by atoms with Gasteiger partial charge in [-0.05, 0) is 0 Å². The van der Waals surface area contributed by atoms with Gasteiger partial charge in [-0.1, -0.05) is 0 Å². The average molecular weight is 237 g/mol. The summed E-state index contributed by atoms with van der Waals surface area (Å²) in [7, 11) is 3.44. The number of carbonyl (C=O) groups excluding carboxylic acids is 1. The van der Waals surface area contributed by atoms with Gasteiger partial charge in [0.2, 0.25) is 0 Å². The normalized spacial score (nSPS) is 19.9. The first-order chi connectivity index (χ1) is 8.15. The van der Waals surface area contributed by atoms with E-state index in [-0.39, 0.29) is 12.1 Å². The van der Waals surface area contributed by atoms with Gasteiger partial charge in [0.1, 0.15) is 11.9 Å². The van der Waals surface area contributed by atoms with Crippen LogP contribution in [0.3, 0.4) is 0 Å². The quantitative estimate of drug-likeness (QED) is 0.792. The molecule has 1 aromatic rings. The first-order valence-corrected chi connectivity index (χ1v) is 5.25. The fraction of sp³-hybridized carbons (Fsp3) is 0.500. The third-order valence-corrected chi connectivity index (χ3v) is 2.73. The molecule has 92 valence electrons. The van der Waals surface area contributed by atoms with Crippen molar-refractivity contribution in [1.82, 2.24) is 14.5 Å². The summed E-state index contributed by atoms with van der Waals surface area (Å²) in [6.07, 6.45) is 3.35. The van der Waals surface area contributed by atoms with Gasteiger partial charge in [0, 0.05) is 20.7 Å². The van der Waals surface area contributed by atoms with Crippen molar-refractivity contribution in [3.05, 3.63) is 18.2 Å². The van der Waals surface area contributed by atoms with Crippen LogP contribution in [0.5, 0.6) is 0 Å². The van der Waals surface area contributed by atoms with Crippen LogP contribution in [-0.2, 0) is 11.8 Å². The number of amidine groups is 1. The maximum Gasteiger partial charge on any atom is 0.346 e. The number of nitrogens with two attached hydrogens (primary N) is 1. The van der Waals surface area contributed by atoms with E-state index in [9.17, 15) is 4.79 Å². The third-order valence-electron chi connectivity index (χ3n) is 2.73. The number of hydrogen-bond acceptors (Lipinski definition) is 4. The minimum Gasteiger partial charge on any atom is -0.385 e. The summed E-state index contributed by atoms with van der Waals surface area (Å²) < 4.78 is 6.80. The molecule has 2 heterocycles. The number of hydrogen-bond donors (Lipinski definition) is 1. The van der Waals surface area contributed by atoms with Gasteiger partial charge in [0.25, 0.3) is 0 Å². The lowest BCUT2D eigenvalue weighted by atomic mass is 10.2. The molecule has 2 rings (SSSR count). The van der Waals surface area contributed by atoms with Crippen molar-refractivity contribution >= 4 is 11.9 Å². The molecular weight excluding hydrogens is 222 g/mol. The Morgan fingerprint density at radius 1 is 1.59 bits per heavy atom. The number of imidazole rings is 1. The van der Waals surface area contributed by atoms with Crippen molar-refractivity contribution in [2.75, 3.05) is 20.3 Å². The van der Waals surface area contributed by atoms with Crippen LogP contribution in [0.15, 0.2) is 17.5 Å². The number of nitrogens with zero attached hydrogens (tertiary/aromatic N) is 4. The molecule has 2 N–H and O–H groups in total. The molecule has 0 radical (unpaired) electrons. The summed E-state index contributed by atoms with van der Waals surface area (Å²) in [4.78, 5) is 21.1. The number of amides is 2. The smallest absolute Gasteiger partial charge is 0.346 e. The molecule has 0 saturated heterocycles. The zero-order valence-electron chi connectivity index (χ0n) is 9.83.